The van der Waals surface area contributed by atoms with Crippen LogP contribution in [0.2, 0.25) is 0 Å². The van der Waals surface area contributed by atoms with Crippen LogP contribution in [-0.4, -0.2) is 32.4 Å². The quantitative estimate of drug-likeness (QED) is 0.663. The number of benzene rings is 2. The predicted molar refractivity (Wildman–Crippen MR) is 117 cm³/mol. The molecule has 1 amide bonds. The topological polar surface area (TPSA) is 86.3 Å². The van der Waals surface area contributed by atoms with Gasteiger partial charge in [-0.1, -0.05) is 42.0 Å². The number of carbonyl (C=O) groups is 1. The lowest BCUT2D eigenvalue weighted by atomic mass is 9.94. The van der Waals surface area contributed by atoms with Crippen molar-refractivity contribution in [1.29, 1.82) is 0 Å². The highest BCUT2D eigenvalue weighted by atomic mass is 19.1. The molecule has 5 rings (SSSR count). The van der Waals surface area contributed by atoms with Crippen molar-refractivity contribution in [2.24, 2.45) is 0 Å². The van der Waals surface area contributed by atoms with Crippen LogP contribution in [0.3, 0.4) is 0 Å². The number of H-pyrrole nitrogens is 1. The number of nitrogens with one attached hydrogen (secondary N) is 1. The summed E-state index contributed by atoms with van der Waals surface area (Å²) < 4.78 is 13.4. The second kappa shape index (κ2) is 7.67. The first-order valence-electron chi connectivity index (χ1n) is 10.8. The summed E-state index contributed by atoms with van der Waals surface area (Å²) in [7, 11) is 0. The van der Waals surface area contributed by atoms with E-state index in [9.17, 15) is 19.1 Å². The van der Waals surface area contributed by atoms with Gasteiger partial charge in [0.2, 0.25) is 0 Å². The highest BCUT2D eigenvalue weighted by molar-refractivity contribution is 5.82. The first kappa shape index (κ1) is 20.6. The minimum absolute atomic E-state index is 0.114. The number of aromatic nitrogens is 2. The monoisotopic (exact) mass is 433 g/mol. The lowest BCUT2D eigenvalue weighted by Crippen LogP contribution is -2.42. The van der Waals surface area contributed by atoms with Gasteiger partial charge >= 0.3 is 0 Å². The molecule has 2 aliphatic rings. The molecule has 2 N–H and O–H groups in total. The lowest BCUT2D eigenvalue weighted by molar-refractivity contribution is -0.141. The molecule has 1 atom stereocenters. The van der Waals surface area contributed by atoms with Gasteiger partial charge < -0.3 is 15.0 Å². The van der Waals surface area contributed by atoms with Crippen molar-refractivity contribution in [3.63, 3.8) is 0 Å². The number of aliphatic hydroxyl groups excluding tert-OH is 1. The number of aromatic amines is 1. The molecular formula is C25H24FN3O3. The second-order valence-corrected chi connectivity index (χ2v) is 8.76. The summed E-state index contributed by atoms with van der Waals surface area (Å²) >= 11 is 0. The number of hydrogen-bond donors (Lipinski definition) is 2. The normalized spacial score (nSPS) is 17.5. The van der Waals surface area contributed by atoms with Crippen LogP contribution in [-0.2, 0) is 23.2 Å². The summed E-state index contributed by atoms with van der Waals surface area (Å²) in [5.74, 6) is -0.115. The van der Waals surface area contributed by atoms with Crippen LogP contribution in [0.4, 0.5) is 4.39 Å². The Kier molecular flexibility index (Phi) is 4.93. The Morgan fingerprint density at radius 3 is 2.66 bits per heavy atom. The van der Waals surface area contributed by atoms with Gasteiger partial charge in [-0.05, 0) is 43.0 Å². The van der Waals surface area contributed by atoms with E-state index in [0.29, 0.717) is 35.6 Å². The summed E-state index contributed by atoms with van der Waals surface area (Å²) in [5.41, 5.74) is 2.94. The molecule has 2 aromatic carbocycles. The van der Waals surface area contributed by atoms with E-state index in [1.54, 1.807) is 30.3 Å². The van der Waals surface area contributed by atoms with E-state index in [-0.39, 0.29) is 23.3 Å². The summed E-state index contributed by atoms with van der Waals surface area (Å²) in [5, 5.41) is 10.6. The zero-order valence-corrected chi connectivity index (χ0v) is 17.8. The summed E-state index contributed by atoms with van der Waals surface area (Å²) in [6.45, 7) is 2.40. The van der Waals surface area contributed by atoms with E-state index >= 15 is 0 Å². The molecule has 1 unspecified atom stereocenters. The van der Waals surface area contributed by atoms with Gasteiger partial charge in [-0.3, -0.25) is 9.59 Å². The highest BCUT2D eigenvalue weighted by Crippen LogP contribution is 2.52. The van der Waals surface area contributed by atoms with Gasteiger partial charge in [0, 0.05) is 13.0 Å². The first-order chi connectivity index (χ1) is 15.4. The number of aryl methyl sites for hydroxylation is 1. The van der Waals surface area contributed by atoms with E-state index in [0.717, 1.165) is 24.0 Å². The SMILES string of the molecule is Cc1cccc(C(O)C(=O)N2CCc3nc(C4(c5ccc(F)cc5)CC4)[nH]c(=O)c3C2)c1. The van der Waals surface area contributed by atoms with Crippen molar-refractivity contribution in [1.82, 2.24) is 14.9 Å². The van der Waals surface area contributed by atoms with E-state index < -0.39 is 12.0 Å². The van der Waals surface area contributed by atoms with Crippen LogP contribution >= 0.6 is 0 Å². The number of halogens is 1. The summed E-state index contributed by atoms with van der Waals surface area (Å²) in [6, 6.07) is 13.6. The lowest BCUT2D eigenvalue weighted by Gasteiger charge is -2.30. The number of aliphatic hydroxyl groups is 1. The Morgan fingerprint density at radius 2 is 1.97 bits per heavy atom. The molecule has 3 aromatic rings. The molecular weight excluding hydrogens is 409 g/mol. The molecule has 1 saturated carbocycles. The molecule has 164 valence electrons. The predicted octanol–water partition coefficient (Wildman–Crippen LogP) is 2.92. The molecule has 6 nitrogen and oxygen atoms in total. The van der Waals surface area contributed by atoms with Gasteiger partial charge in [-0.2, -0.15) is 0 Å². The minimum atomic E-state index is -1.27. The summed E-state index contributed by atoms with van der Waals surface area (Å²) in [6.07, 6.45) is 0.857. The smallest absolute Gasteiger partial charge is 0.256 e. The van der Waals surface area contributed by atoms with Gasteiger partial charge in [0.15, 0.2) is 6.10 Å². The second-order valence-electron chi connectivity index (χ2n) is 8.76. The summed E-state index contributed by atoms with van der Waals surface area (Å²) in [4.78, 5) is 35.0. The van der Waals surface area contributed by atoms with Crippen molar-refractivity contribution in [2.75, 3.05) is 6.54 Å². The molecule has 1 aliphatic heterocycles. The molecule has 7 heteroatoms. The fraction of sp³-hybridized carbons (Fsp3) is 0.320. The van der Waals surface area contributed by atoms with Crippen molar-refractivity contribution < 1.29 is 14.3 Å². The number of rotatable bonds is 4. The van der Waals surface area contributed by atoms with Crippen LogP contribution in [0.1, 0.15) is 52.7 Å². The maximum absolute atomic E-state index is 13.4. The molecule has 2 heterocycles. The third kappa shape index (κ3) is 3.52. The molecule has 32 heavy (non-hydrogen) atoms. The van der Waals surface area contributed by atoms with Crippen LogP contribution in [0, 0.1) is 12.7 Å². The zero-order valence-electron chi connectivity index (χ0n) is 17.8. The van der Waals surface area contributed by atoms with Crippen molar-refractivity contribution in [3.8, 4) is 0 Å². The first-order valence-corrected chi connectivity index (χ1v) is 10.8. The maximum atomic E-state index is 13.4. The largest absolute Gasteiger partial charge is 0.378 e. The van der Waals surface area contributed by atoms with Crippen molar-refractivity contribution >= 4 is 5.91 Å². The van der Waals surface area contributed by atoms with E-state index in [1.165, 1.54) is 17.0 Å². The number of nitrogens with zero attached hydrogens (tertiary/aromatic N) is 2. The highest BCUT2D eigenvalue weighted by Gasteiger charge is 2.48. The number of carbonyl (C=O) groups excluding carboxylic acids is 1. The molecule has 1 fully saturated rings. The van der Waals surface area contributed by atoms with Crippen LogP contribution in [0.5, 0.6) is 0 Å². The standard InChI is InChI=1S/C25H24FN3O3/c1-15-3-2-4-16(13-15)21(30)23(32)29-12-9-20-19(14-29)22(31)28-24(27-20)25(10-11-25)17-5-7-18(26)8-6-17/h2-8,13,21,30H,9-12,14H2,1H3,(H,27,28,31). The van der Waals surface area contributed by atoms with Crippen molar-refractivity contribution in [3.05, 3.63) is 98.5 Å². The van der Waals surface area contributed by atoms with E-state index in [2.05, 4.69) is 4.98 Å². The Hall–Kier alpha value is -3.32. The fourth-order valence-electron chi connectivity index (χ4n) is 4.55. The maximum Gasteiger partial charge on any atom is 0.256 e. The van der Waals surface area contributed by atoms with Crippen LogP contribution < -0.4 is 5.56 Å². The molecule has 0 saturated heterocycles. The average Bonchev–Trinajstić information content (AvgIpc) is 3.60. The van der Waals surface area contributed by atoms with Gasteiger partial charge in [0.05, 0.1) is 23.2 Å². The van der Waals surface area contributed by atoms with Crippen molar-refractivity contribution in [2.45, 2.75) is 44.2 Å². The minimum Gasteiger partial charge on any atom is -0.378 e. The molecule has 1 aliphatic carbocycles. The van der Waals surface area contributed by atoms with Crippen LogP contribution in [0.15, 0.2) is 53.3 Å². The van der Waals surface area contributed by atoms with Gasteiger partial charge in [-0.25, -0.2) is 9.37 Å². The third-order valence-electron chi connectivity index (χ3n) is 6.57. The Morgan fingerprint density at radius 1 is 1.22 bits per heavy atom. The van der Waals surface area contributed by atoms with Gasteiger partial charge in [-0.15, -0.1) is 0 Å². The van der Waals surface area contributed by atoms with E-state index in [4.69, 9.17) is 4.98 Å². The Balaban J connectivity index is 1.40. The Bertz CT molecular complexity index is 1250. The zero-order chi connectivity index (χ0) is 22.5. The Labute approximate surface area is 184 Å². The molecule has 0 spiro atoms. The van der Waals surface area contributed by atoms with Gasteiger partial charge in [0.1, 0.15) is 11.6 Å². The molecule has 0 radical (unpaired) electrons. The number of hydrogen-bond acceptors (Lipinski definition) is 4. The van der Waals surface area contributed by atoms with Crippen LogP contribution in [0.25, 0.3) is 0 Å². The molecule has 1 aromatic heterocycles. The average molecular weight is 433 g/mol. The molecule has 0 bridgehead atoms. The fourth-order valence-corrected chi connectivity index (χ4v) is 4.55. The number of amides is 1. The van der Waals surface area contributed by atoms with E-state index in [1.807, 2.05) is 13.0 Å². The number of fused-ring (bicyclic) bond motifs is 1. The van der Waals surface area contributed by atoms with Gasteiger partial charge in [0.25, 0.3) is 11.5 Å². The third-order valence-corrected chi connectivity index (χ3v) is 6.57.